The summed E-state index contributed by atoms with van der Waals surface area (Å²) in [5.41, 5.74) is 1.45. The third-order valence-electron chi connectivity index (χ3n) is 4.02. The van der Waals surface area contributed by atoms with Gasteiger partial charge in [-0.3, -0.25) is 0 Å². The average Bonchev–Trinajstić information content (AvgIpc) is 2.86. The molecule has 1 aliphatic carbocycles. The predicted octanol–water partition coefficient (Wildman–Crippen LogP) is 3.10. The summed E-state index contributed by atoms with van der Waals surface area (Å²) >= 11 is 3.48. The third-order valence-corrected chi connectivity index (χ3v) is 4.55. The van der Waals surface area contributed by atoms with E-state index in [1.54, 1.807) is 6.33 Å². The van der Waals surface area contributed by atoms with Crippen molar-refractivity contribution in [1.82, 2.24) is 20.1 Å². The van der Waals surface area contributed by atoms with Gasteiger partial charge < -0.3 is 5.32 Å². The van der Waals surface area contributed by atoms with Gasteiger partial charge in [-0.15, -0.1) is 0 Å². The molecule has 0 bridgehead atoms. The fourth-order valence-electron chi connectivity index (χ4n) is 2.72. The number of benzene rings is 1. The molecule has 4 nitrogen and oxygen atoms in total. The Morgan fingerprint density at radius 3 is 2.75 bits per heavy atom. The molecule has 1 heterocycles. The summed E-state index contributed by atoms with van der Waals surface area (Å²) in [5, 5.41) is 7.76. The number of rotatable bonds is 5. The smallest absolute Gasteiger partial charge is 0.140 e. The molecule has 3 rings (SSSR count). The number of nitrogens with one attached hydrogen (secondary N) is 1. The highest BCUT2D eigenvalue weighted by Crippen LogP contribution is 2.37. The van der Waals surface area contributed by atoms with Crippen LogP contribution in [0.5, 0.6) is 0 Å². The molecule has 106 valence electrons. The molecule has 1 saturated carbocycles. The van der Waals surface area contributed by atoms with Crippen LogP contribution in [0, 0.1) is 0 Å². The van der Waals surface area contributed by atoms with E-state index in [-0.39, 0.29) is 0 Å². The van der Waals surface area contributed by atoms with Crippen LogP contribution < -0.4 is 5.32 Å². The molecular formula is C15H19BrN4. The van der Waals surface area contributed by atoms with E-state index in [2.05, 4.69) is 62.5 Å². The van der Waals surface area contributed by atoms with Crippen molar-refractivity contribution in [2.45, 2.75) is 44.8 Å². The minimum atomic E-state index is 0.602. The van der Waals surface area contributed by atoms with Gasteiger partial charge in [-0.1, -0.05) is 28.1 Å². The van der Waals surface area contributed by atoms with Crippen LogP contribution in [0.3, 0.4) is 0 Å². The second-order valence-corrected chi connectivity index (χ2v) is 6.21. The standard InChI is InChI=1S/C15H19BrN4/c1-2-20-15(18-10-19-20)9-17-14-7-12(8-14)11-3-5-13(16)6-4-11/h3-6,10,12,14,17H,2,7-9H2,1H3. The molecule has 0 spiro atoms. The second-order valence-electron chi connectivity index (χ2n) is 5.29. The zero-order valence-corrected chi connectivity index (χ0v) is 13.2. The lowest BCUT2D eigenvalue weighted by Crippen LogP contribution is -2.40. The van der Waals surface area contributed by atoms with Crippen LogP contribution in [0.1, 0.15) is 37.1 Å². The third kappa shape index (κ3) is 2.94. The van der Waals surface area contributed by atoms with Gasteiger partial charge in [0.1, 0.15) is 12.2 Å². The maximum absolute atomic E-state index is 4.29. The first-order chi connectivity index (χ1) is 9.76. The lowest BCUT2D eigenvalue weighted by molar-refractivity contribution is 0.285. The molecule has 1 aromatic carbocycles. The Bertz CT molecular complexity index is 558. The monoisotopic (exact) mass is 334 g/mol. The van der Waals surface area contributed by atoms with E-state index in [9.17, 15) is 0 Å². The highest BCUT2D eigenvalue weighted by atomic mass is 79.9. The molecule has 5 heteroatoms. The molecule has 1 fully saturated rings. The minimum absolute atomic E-state index is 0.602. The highest BCUT2D eigenvalue weighted by Gasteiger charge is 2.29. The quantitative estimate of drug-likeness (QED) is 0.913. The summed E-state index contributed by atoms with van der Waals surface area (Å²) in [6, 6.07) is 9.29. The van der Waals surface area contributed by atoms with E-state index in [0.717, 1.165) is 23.4 Å². The first-order valence-corrected chi connectivity index (χ1v) is 7.91. The Hall–Kier alpha value is -1.20. The van der Waals surface area contributed by atoms with Crippen molar-refractivity contribution in [3.63, 3.8) is 0 Å². The van der Waals surface area contributed by atoms with Gasteiger partial charge >= 0.3 is 0 Å². The molecule has 2 aromatic rings. The highest BCUT2D eigenvalue weighted by molar-refractivity contribution is 9.10. The maximum Gasteiger partial charge on any atom is 0.140 e. The van der Waals surface area contributed by atoms with Gasteiger partial charge in [0.2, 0.25) is 0 Å². The molecule has 0 saturated heterocycles. The number of aryl methyl sites for hydroxylation is 1. The summed E-state index contributed by atoms with van der Waals surface area (Å²) in [6.07, 6.45) is 4.05. The van der Waals surface area contributed by atoms with E-state index < -0.39 is 0 Å². The second kappa shape index (κ2) is 6.06. The van der Waals surface area contributed by atoms with Crippen LogP contribution in [0.2, 0.25) is 0 Å². The SMILES string of the molecule is CCn1ncnc1CNC1CC(c2ccc(Br)cc2)C1. The van der Waals surface area contributed by atoms with Crippen LogP contribution >= 0.6 is 15.9 Å². The van der Waals surface area contributed by atoms with Crippen LogP contribution in [0.4, 0.5) is 0 Å². The summed E-state index contributed by atoms with van der Waals surface area (Å²) in [4.78, 5) is 4.29. The van der Waals surface area contributed by atoms with Gasteiger partial charge in [0, 0.05) is 17.1 Å². The van der Waals surface area contributed by atoms with E-state index in [0.29, 0.717) is 12.0 Å². The van der Waals surface area contributed by atoms with Crippen LogP contribution in [-0.4, -0.2) is 20.8 Å². The molecule has 0 atom stereocenters. The molecule has 1 aliphatic rings. The van der Waals surface area contributed by atoms with E-state index in [1.165, 1.54) is 18.4 Å². The Balaban J connectivity index is 1.48. The van der Waals surface area contributed by atoms with Gasteiger partial charge in [-0.25, -0.2) is 9.67 Å². The Morgan fingerprint density at radius 2 is 2.05 bits per heavy atom. The number of halogens is 1. The number of hydrogen-bond donors (Lipinski definition) is 1. The summed E-state index contributed by atoms with van der Waals surface area (Å²) in [5.74, 6) is 1.73. The lowest BCUT2D eigenvalue weighted by Gasteiger charge is -2.36. The molecule has 1 N–H and O–H groups in total. The van der Waals surface area contributed by atoms with Crippen molar-refractivity contribution in [1.29, 1.82) is 0 Å². The zero-order valence-electron chi connectivity index (χ0n) is 11.6. The summed E-state index contributed by atoms with van der Waals surface area (Å²) in [6.45, 7) is 3.78. The molecule has 0 amide bonds. The van der Waals surface area contributed by atoms with Gasteiger partial charge in [-0.2, -0.15) is 5.10 Å². The summed E-state index contributed by atoms with van der Waals surface area (Å²) in [7, 11) is 0. The molecule has 0 aliphatic heterocycles. The predicted molar refractivity (Wildman–Crippen MR) is 82.4 cm³/mol. The van der Waals surface area contributed by atoms with Crippen LogP contribution in [0.15, 0.2) is 35.1 Å². The van der Waals surface area contributed by atoms with Crippen molar-refractivity contribution >= 4 is 15.9 Å². The average molecular weight is 335 g/mol. The molecule has 0 radical (unpaired) electrons. The van der Waals surface area contributed by atoms with E-state index in [4.69, 9.17) is 0 Å². The van der Waals surface area contributed by atoms with Crippen molar-refractivity contribution in [3.8, 4) is 0 Å². The largest absolute Gasteiger partial charge is 0.307 e. The zero-order chi connectivity index (χ0) is 13.9. The van der Waals surface area contributed by atoms with Gasteiger partial charge in [-0.05, 0) is 43.4 Å². The number of aromatic nitrogens is 3. The summed E-state index contributed by atoms with van der Waals surface area (Å²) < 4.78 is 3.09. The Labute approximate surface area is 127 Å². The van der Waals surface area contributed by atoms with Crippen LogP contribution in [-0.2, 0) is 13.1 Å². The van der Waals surface area contributed by atoms with Gasteiger partial charge in [0.15, 0.2) is 0 Å². The van der Waals surface area contributed by atoms with Crippen molar-refractivity contribution in [3.05, 3.63) is 46.5 Å². The topological polar surface area (TPSA) is 42.7 Å². The van der Waals surface area contributed by atoms with Crippen LogP contribution in [0.25, 0.3) is 0 Å². The molecule has 1 aromatic heterocycles. The Kier molecular flexibility index (Phi) is 4.17. The maximum atomic E-state index is 4.29. The first-order valence-electron chi connectivity index (χ1n) is 7.11. The first kappa shape index (κ1) is 13.8. The van der Waals surface area contributed by atoms with Crippen molar-refractivity contribution < 1.29 is 0 Å². The fourth-order valence-corrected chi connectivity index (χ4v) is 2.98. The molecule has 20 heavy (non-hydrogen) atoms. The van der Waals surface area contributed by atoms with Gasteiger partial charge in [0.05, 0.1) is 6.54 Å². The molecule has 0 unspecified atom stereocenters. The fraction of sp³-hybridized carbons (Fsp3) is 0.467. The number of hydrogen-bond acceptors (Lipinski definition) is 3. The number of nitrogens with zero attached hydrogens (tertiary/aromatic N) is 3. The van der Waals surface area contributed by atoms with Crippen molar-refractivity contribution in [2.24, 2.45) is 0 Å². The van der Waals surface area contributed by atoms with Gasteiger partial charge in [0.25, 0.3) is 0 Å². The van der Waals surface area contributed by atoms with Crippen molar-refractivity contribution in [2.75, 3.05) is 0 Å². The van der Waals surface area contributed by atoms with E-state index in [1.807, 2.05) is 4.68 Å². The van der Waals surface area contributed by atoms with E-state index >= 15 is 0 Å². The Morgan fingerprint density at radius 1 is 1.30 bits per heavy atom. The molecular weight excluding hydrogens is 316 g/mol. The minimum Gasteiger partial charge on any atom is -0.307 e. The normalized spacial score (nSPS) is 21.7. The lowest BCUT2D eigenvalue weighted by atomic mass is 9.76.